The van der Waals surface area contributed by atoms with Gasteiger partial charge in [-0.2, -0.15) is 5.26 Å². The van der Waals surface area contributed by atoms with Gasteiger partial charge < -0.3 is 5.11 Å². The minimum absolute atomic E-state index is 0.183. The van der Waals surface area contributed by atoms with Crippen LogP contribution in [-0.4, -0.2) is 11.1 Å². The van der Waals surface area contributed by atoms with Crippen LogP contribution in [0.3, 0.4) is 0 Å². The quantitative estimate of drug-likeness (QED) is 0.823. The van der Waals surface area contributed by atoms with E-state index < -0.39 is 11.8 Å². The third kappa shape index (κ3) is 1.84. The van der Waals surface area contributed by atoms with Crippen LogP contribution in [0.5, 0.6) is 0 Å². The Hall–Kier alpha value is -1.41. The predicted octanol–water partition coefficient (Wildman–Crippen LogP) is 2.16. The van der Waals surface area contributed by atoms with E-state index in [1.807, 2.05) is 0 Å². The van der Waals surface area contributed by atoms with Gasteiger partial charge in [0.05, 0.1) is 11.1 Å². The van der Waals surface area contributed by atoms with Gasteiger partial charge in [0, 0.05) is 4.47 Å². The monoisotopic (exact) mass is 243 g/mol. The molecule has 0 amide bonds. The molecule has 0 aliphatic heterocycles. The van der Waals surface area contributed by atoms with Crippen LogP contribution in [0.25, 0.3) is 0 Å². The van der Waals surface area contributed by atoms with E-state index in [-0.39, 0.29) is 15.6 Å². The molecule has 13 heavy (non-hydrogen) atoms. The molecule has 0 aromatic heterocycles. The molecule has 1 aromatic carbocycles. The summed E-state index contributed by atoms with van der Waals surface area (Å²) in [6.07, 6.45) is 0. The van der Waals surface area contributed by atoms with Gasteiger partial charge in [0.1, 0.15) is 11.9 Å². The predicted molar refractivity (Wildman–Crippen MR) is 45.8 cm³/mol. The fourth-order valence-electron chi connectivity index (χ4n) is 0.796. The molecule has 0 atom stereocenters. The summed E-state index contributed by atoms with van der Waals surface area (Å²) >= 11 is 2.92. The van der Waals surface area contributed by atoms with E-state index in [1.165, 1.54) is 0 Å². The van der Waals surface area contributed by atoms with E-state index >= 15 is 0 Å². The summed E-state index contributed by atoms with van der Waals surface area (Å²) < 4.78 is 13.1. The van der Waals surface area contributed by atoms with Crippen molar-refractivity contribution in [2.75, 3.05) is 0 Å². The maximum absolute atomic E-state index is 12.9. The highest BCUT2D eigenvalue weighted by atomic mass is 79.9. The van der Waals surface area contributed by atoms with Crippen LogP contribution >= 0.6 is 15.9 Å². The van der Waals surface area contributed by atoms with Crippen LogP contribution in [0.1, 0.15) is 15.9 Å². The average molecular weight is 244 g/mol. The number of nitrogens with zero attached hydrogens (tertiary/aromatic N) is 1. The summed E-state index contributed by atoms with van der Waals surface area (Å²) in [5, 5.41) is 17.0. The van der Waals surface area contributed by atoms with Gasteiger partial charge in [-0.05, 0) is 28.1 Å². The molecule has 3 nitrogen and oxygen atoms in total. The molecule has 66 valence electrons. The minimum Gasteiger partial charge on any atom is -0.478 e. The van der Waals surface area contributed by atoms with Crippen molar-refractivity contribution in [3.8, 4) is 6.07 Å². The van der Waals surface area contributed by atoms with E-state index in [2.05, 4.69) is 15.9 Å². The van der Waals surface area contributed by atoms with E-state index in [0.29, 0.717) is 0 Å². The number of carbonyl (C=O) groups is 1. The standard InChI is InChI=1S/C8H3BrFNO2/c9-6-1-4(3-11)7(10)2-5(6)8(12)13/h1-2H,(H,12,13). The molecule has 0 aliphatic rings. The second kappa shape index (κ2) is 3.54. The van der Waals surface area contributed by atoms with E-state index in [9.17, 15) is 9.18 Å². The SMILES string of the molecule is N#Cc1cc(Br)c(C(=O)O)cc1F. The molecule has 0 saturated heterocycles. The molecular weight excluding hydrogens is 241 g/mol. The Bertz CT molecular complexity index is 411. The Morgan fingerprint density at radius 2 is 2.23 bits per heavy atom. The first kappa shape index (κ1) is 9.68. The number of benzene rings is 1. The third-order valence-electron chi connectivity index (χ3n) is 1.41. The maximum Gasteiger partial charge on any atom is 0.336 e. The number of nitriles is 1. The molecule has 5 heteroatoms. The lowest BCUT2D eigenvalue weighted by molar-refractivity contribution is 0.0695. The van der Waals surface area contributed by atoms with Gasteiger partial charge in [-0.25, -0.2) is 9.18 Å². The number of hydrogen-bond donors (Lipinski definition) is 1. The van der Waals surface area contributed by atoms with Crippen LogP contribution < -0.4 is 0 Å². The Balaban J connectivity index is 3.39. The van der Waals surface area contributed by atoms with Crippen molar-refractivity contribution in [3.05, 3.63) is 33.5 Å². The molecular formula is C8H3BrFNO2. The van der Waals surface area contributed by atoms with Crippen molar-refractivity contribution in [3.63, 3.8) is 0 Å². The van der Waals surface area contributed by atoms with Crippen molar-refractivity contribution in [2.24, 2.45) is 0 Å². The molecule has 0 aliphatic carbocycles. The molecule has 1 N–H and O–H groups in total. The zero-order valence-electron chi connectivity index (χ0n) is 6.21. The molecule has 1 rings (SSSR count). The highest BCUT2D eigenvalue weighted by molar-refractivity contribution is 9.10. The molecule has 0 spiro atoms. The topological polar surface area (TPSA) is 61.1 Å². The van der Waals surface area contributed by atoms with Crippen LogP contribution in [0.2, 0.25) is 0 Å². The molecule has 1 aromatic rings. The lowest BCUT2D eigenvalue weighted by Crippen LogP contribution is -1.99. The molecule has 0 fully saturated rings. The second-order valence-corrected chi connectivity index (χ2v) is 3.08. The van der Waals surface area contributed by atoms with Crippen LogP contribution in [-0.2, 0) is 0 Å². The number of aromatic carboxylic acids is 1. The second-order valence-electron chi connectivity index (χ2n) is 2.23. The zero-order valence-corrected chi connectivity index (χ0v) is 7.80. The van der Waals surface area contributed by atoms with Crippen molar-refractivity contribution in [1.29, 1.82) is 5.26 Å². The molecule has 0 bridgehead atoms. The number of carboxylic acids is 1. The summed E-state index contributed by atoms with van der Waals surface area (Å²) in [6, 6.07) is 3.55. The first-order valence-electron chi connectivity index (χ1n) is 3.18. The van der Waals surface area contributed by atoms with Crippen LogP contribution in [0.15, 0.2) is 16.6 Å². The van der Waals surface area contributed by atoms with Crippen molar-refractivity contribution in [2.45, 2.75) is 0 Å². The average Bonchev–Trinajstić information content (AvgIpc) is 2.07. The Kier molecular flexibility index (Phi) is 2.63. The summed E-state index contributed by atoms with van der Waals surface area (Å²) in [4.78, 5) is 10.5. The zero-order chi connectivity index (χ0) is 10.0. The summed E-state index contributed by atoms with van der Waals surface area (Å²) in [5.74, 6) is -2.07. The smallest absolute Gasteiger partial charge is 0.336 e. The Morgan fingerprint density at radius 3 is 2.69 bits per heavy atom. The Labute approximate surface area is 81.5 Å². The summed E-state index contributed by atoms with van der Waals surface area (Å²) in [7, 11) is 0. The fourth-order valence-corrected chi connectivity index (χ4v) is 1.31. The van der Waals surface area contributed by atoms with Crippen LogP contribution in [0.4, 0.5) is 4.39 Å². The van der Waals surface area contributed by atoms with Gasteiger partial charge in [-0.1, -0.05) is 0 Å². The van der Waals surface area contributed by atoms with E-state index in [4.69, 9.17) is 10.4 Å². The lowest BCUT2D eigenvalue weighted by Gasteiger charge is -1.99. The van der Waals surface area contributed by atoms with Crippen molar-refractivity contribution in [1.82, 2.24) is 0 Å². The van der Waals surface area contributed by atoms with Gasteiger partial charge in [0.15, 0.2) is 0 Å². The van der Waals surface area contributed by atoms with Gasteiger partial charge in [-0.3, -0.25) is 0 Å². The fraction of sp³-hybridized carbons (Fsp3) is 0. The van der Waals surface area contributed by atoms with Gasteiger partial charge in [0.25, 0.3) is 0 Å². The molecule has 0 unspecified atom stereocenters. The number of rotatable bonds is 1. The van der Waals surface area contributed by atoms with Gasteiger partial charge >= 0.3 is 5.97 Å². The van der Waals surface area contributed by atoms with Crippen molar-refractivity contribution < 1.29 is 14.3 Å². The largest absolute Gasteiger partial charge is 0.478 e. The lowest BCUT2D eigenvalue weighted by atomic mass is 10.1. The number of carboxylic acid groups (broad SMARTS) is 1. The normalized spacial score (nSPS) is 9.31. The third-order valence-corrected chi connectivity index (χ3v) is 2.06. The summed E-state index contributed by atoms with van der Waals surface area (Å²) in [6.45, 7) is 0. The van der Waals surface area contributed by atoms with Gasteiger partial charge in [-0.15, -0.1) is 0 Å². The highest BCUT2D eigenvalue weighted by Gasteiger charge is 2.12. The Morgan fingerprint density at radius 1 is 1.62 bits per heavy atom. The van der Waals surface area contributed by atoms with Gasteiger partial charge in [0.2, 0.25) is 0 Å². The first-order chi connectivity index (χ1) is 6.06. The van der Waals surface area contributed by atoms with Crippen molar-refractivity contribution >= 4 is 21.9 Å². The summed E-state index contributed by atoms with van der Waals surface area (Å²) in [5.41, 5.74) is -0.381. The van der Waals surface area contributed by atoms with E-state index in [0.717, 1.165) is 12.1 Å². The number of halogens is 2. The molecule has 0 radical (unpaired) electrons. The minimum atomic E-state index is -1.24. The first-order valence-corrected chi connectivity index (χ1v) is 3.98. The maximum atomic E-state index is 12.9. The number of hydrogen-bond acceptors (Lipinski definition) is 2. The van der Waals surface area contributed by atoms with E-state index in [1.54, 1.807) is 6.07 Å². The highest BCUT2D eigenvalue weighted by Crippen LogP contribution is 2.20. The van der Waals surface area contributed by atoms with Crippen LogP contribution in [0, 0.1) is 17.1 Å². The molecule has 0 saturated carbocycles. The molecule has 0 heterocycles.